The van der Waals surface area contributed by atoms with Crippen molar-refractivity contribution in [1.82, 2.24) is 19.4 Å². The molecule has 0 saturated heterocycles. The van der Waals surface area contributed by atoms with Crippen molar-refractivity contribution in [1.29, 1.82) is 0 Å². The van der Waals surface area contributed by atoms with E-state index in [1.807, 2.05) is 53.4 Å². The first-order chi connectivity index (χ1) is 18.9. The van der Waals surface area contributed by atoms with Crippen LogP contribution < -0.4 is 10.1 Å². The van der Waals surface area contributed by atoms with E-state index in [2.05, 4.69) is 41.9 Å². The molecule has 0 radical (unpaired) electrons. The Morgan fingerprint density at radius 1 is 1.03 bits per heavy atom. The van der Waals surface area contributed by atoms with E-state index in [1.54, 1.807) is 12.0 Å². The highest BCUT2D eigenvalue weighted by molar-refractivity contribution is 6.08. The van der Waals surface area contributed by atoms with Gasteiger partial charge in [-0.2, -0.15) is 0 Å². The molecule has 1 aliphatic heterocycles. The molecule has 6 rings (SSSR count). The van der Waals surface area contributed by atoms with Crippen LogP contribution in [-0.2, 0) is 17.9 Å². The van der Waals surface area contributed by atoms with Gasteiger partial charge >= 0.3 is 0 Å². The van der Waals surface area contributed by atoms with Gasteiger partial charge in [-0.25, -0.2) is 0 Å². The number of nitrogens with zero attached hydrogens (tertiary/aromatic N) is 3. The summed E-state index contributed by atoms with van der Waals surface area (Å²) in [7, 11) is 1.64. The molecule has 3 heterocycles. The number of ether oxygens (including phenoxy) is 1. The largest absolute Gasteiger partial charge is 0.497 e. The molecule has 2 aromatic heterocycles. The lowest BCUT2D eigenvalue weighted by atomic mass is 9.87. The lowest BCUT2D eigenvalue weighted by Crippen LogP contribution is -2.56. The molecule has 1 unspecified atom stereocenters. The Kier molecular flexibility index (Phi) is 6.67. The summed E-state index contributed by atoms with van der Waals surface area (Å²) in [4.78, 5) is 30.1. The van der Waals surface area contributed by atoms with E-state index in [9.17, 15) is 9.59 Å². The van der Waals surface area contributed by atoms with Gasteiger partial charge in [-0.05, 0) is 80.5 Å². The van der Waals surface area contributed by atoms with Crippen molar-refractivity contribution in [3.05, 3.63) is 83.8 Å². The molecule has 1 aliphatic carbocycles. The van der Waals surface area contributed by atoms with Crippen molar-refractivity contribution >= 4 is 22.7 Å². The Morgan fingerprint density at radius 3 is 2.44 bits per heavy atom. The third-order valence-corrected chi connectivity index (χ3v) is 8.43. The van der Waals surface area contributed by atoms with Gasteiger partial charge in [0.2, 0.25) is 5.91 Å². The van der Waals surface area contributed by atoms with E-state index in [0.29, 0.717) is 24.7 Å². The van der Waals surface area contributed by atoms with E-state index in [1.165, 1.54) is 0 Å². The van der Waals surface area contributed by atoms with E-state index in [4.69, 9.17) is 4.74 Å². The monoisotopic (exact) mass is 524 g/mol. The summed E-state index contributed by atoms with van der Waals surface area (Å²) in [5.74, 6) is 1.26. The van der Waals surface area contributed by atoms with Gasteiger partial charge in [-0.1, -0.05) is 30.7 Å². The van der Waals surface area contributed by atoms with Crippen molar-refractivity contribution in [3.8, 4) is 11.4 Å². The van der Waals surface area contributed by atoms with Crippen LogP contribution in [0.1, 0.15) is 54.2 Å². The van der Waals surface area contributed by atoms with Crippen LogP contribution in [0.15, 0.2) is 67.0 Å². The lowest BCUT2D eigenvalue weighted by molar-refractivity contribution is -0.127. The van der Waals surface area contributed by atoms with Crippen LogP contribution in [0.4, 0.5) is 0 Å². The lowest BCUT2D eigenvalue weighted by Gasteiger charge is -2.37. The van der Waals surface area contributed by atoms with Gasteiger partial charge in [0.1, 0.15) is 17.5 Å². The number of methoxy groups -OCH3 is 1. The van der Waals surface area contributed by atoms with Crippen LogP contribution in [-0.4, -0.2) is 45.0 Å². The number of hydrogen-bond donors (Lipinski definition) is 1. The van der Waals surface area contributed by atoms with Crippen LogP contribution in [0.2, 0.25) is 0 Å². The maximum atomic E-state index is 14.5. The van der Waals surface area contributed by atoms with Crippen LogP contribution in [0.5, 0.6) is 5.75 Å². The molecule has 39 heavy (non-hydrogen) atoms. The Balaban J connectivity index is 1.43. The first-order valence-corrected chi connectivity index (χ1v) is 13.9. The molecule has 4 aromatic rings. The second-order valence-electron chi connectivity index (χ2n) is 11.2. The predicted octanol–water partition coefficient (Wildman–Crippen LogP) is 5.47. The highest BCUT2D eigenvalue weighted by Crippen LogP contribution is 2.36. The highest BCUT2D eigenvalue weighted by atomic mass is 16.5. The van der Waals surface area contributed by atoms with Gasteiger partial charge in [0, 0.05) is 30.4 Å². The third-order valence-electron chi connectivity index (χ3n) is 8.43. The van der Waals surface area contributed by atoms with Crippen molar-refractivity contribution in [3.63, 3.8) is 0 Å². The summed E-state index contributed by atoms with van der Waals surface area (Å²) < 4.78 is 9.40. The average Bonchev–Trinajstić information content (AvgIpc) is 3.58. The van der Waals surface area contributed by atoms with Crippen LogP contribution in [0.25, 0.3) is 16.6 Å². The summed E-state index contributed by atoms with van der Waals surface area (Å²) in [6, 6.07) is 17.5. The van der Waals surface area contributed by atoms with Crippen LogP contribution in [0, 0.1) is 12.8 Å². The number of aryl methyl sites for hydroxylation is 1. The molecule has 2 amide bonds. The fourth-order valence-electron chi connectivity index (χ4n) is 6.19. The zero-order valence-corrected chi connectivity index (χ0v) is 22.9. The predicted molar refractivity (Wildman–Crippen MR) is 152 cm³/mol. The molecule has 0 spiro atoms. The summed E-state index contributed by atoms with van der Waals surface area (Å²) in [6.45, 7) is 5.09. The molecule has 7 nitrogen and oxygen atoms in total. The Morgan fingerprint density at radius 2 is 1.74 bits per heavy atom. The molecule has 0 bridgehead atoms. The van der Waals surface area contributed by atoms with E-state index in [-0.39, 0.29) is 17.9 Å². The first kappa shape index (κ1) is 25.3. The van der Waals surface area contributed by atoms with E-state index >= 15 is 0 Å². The van der Waals surface area contributed by atoms with Gasteiger partial charge in [0.25, 0.3) is 5.91 Å². The third kappa shape index (κ3) is 4.71. The Bertz CT molecular complexity index is 1490. The molecule has 2 aromatic carbocycles. The van der Waals surface area contributed by atoms with Gasteiger partial charge in [0.05, 0.1) is 24.9 Å². The Labute approximate surface area is 229 Å². The fraction of sp³-hybridized carbons (Fsp3) is 0.375. The number of fused-ring (bicyclic) bond motifs is 3. The average molecular weight is 525 g/mol. The SMILES string of the molecule is COc1ccc(CN2C(=O)c3c(-n4cccc4)c4cc(C)ccc4n3CC2C(=O)NC2CCC(C)CC2)cc1. The van der Waals surface area contributed by atoms with Crippen molar-refractivity contribution < 1.29 is 14.3 Å². The molecule has 1 fully saturated rings. The quantitative estimate of drug-likeness (QED) is 0.364. The van der Waals surface area contributed by atoms with Crippen molar-refractivity contribution in [2.75, 3.05) is 7.11 Å². The van der Waals surface area contributed by atoms with Crippen LogP contribution >= 0.6 is 0 Å². The number of rotatable bonds is 6. The number of benzene rings is 2. The topological polar surface area (TPSA) is 68.5 Å². The molecule has 1 saturated carbocycles. The van der Waals surface area contributed by atoms with Gasteiger partial charge in [-0.3, -0.25) is 9.59 Å². The molecule has 1 atom stereocenters. The van der Waals surface area contributed by atoms with Crippen LogP contribution in [0.3, 0.4) is 0 Å². The molecular formula is C32H36N4O3. The molecule has 2 aliphatic rings. The smallest absolute Gasteiger partial charge is 0.273 e. The van der Waals surface area contributed by atoms with E-state index < -0.39 is 6.04 Å². The summed E-state index contributed by atoms with van der Waals surface area (Å²) >= 11 is 0. The summed E-state index contributed by atoms with van der Waals surface area (Å²) in [5, 5.41) is 4.33. The second-order valence-corrected chi connectivity index (χ2v) is 11.2. The number of hydrogen-bond acceptors (Lipinski definition) is 3. The van der Waals surface area contributed by atoms with Crippen molar-refractivity contribution in [2.24, 2.45) is 5.92 Å². The number of carbonyl (C=O) groups is 2. The zero-order chi connectivity index (χ0) is 27.1. The minimum absolute atomic E-state index is 0.0708. The number of amides is 2. The molecule has 1 N–H and O–H groups in total. The number of carbonyl (C=O) groups excluding carboxylic acids is 2. The first-order valence-electron chi connectivity index (χ1n) is 13.9. The summed E-state index contributed by atoms with van der Waals surface area (Å²) in [5.41, 5.74) is 4.54. The number of nitrogens with one attached hydrogen (secondary N) is 1. The number of aromatic nitrogens is 2. The second kappa shape index (κ2) is 10.3. The molecule has 202 valence electrons. The van der Waals surface area contributed by atoms with E-state index in [0.717, 1.165) is 59.2 Å². The normalized spacial score (nSPS) is 21.2. The summed E-state index contributed by atoms with van der Waals surface area (Å²) in [6.07, 6.45) is 8.16. The minimum atomic E-state index is -0.610. The zero-order valence-electron chi connectivity index (χ0n) is 22.9. The van der Waals surface area contributed by atoms with Gasteiger partial charge in [0.15, 0.2) is 0 Å². The van der Waals surface area contributed by atoms with Gasteiger partial charge < -0.3 is 24.1 Å². The fourth-order valence-corrected chi connectivity index (χ4v) is 6.19. The molecular weight excluding hydrogens is 488 g/mol. The molecule has 7 heteroatoms. The van der Waals surface area contributed by atoms with Crippen molar-refractivity contribution in [2.45, 2.75) is 64.7 Å². The van der Waals surface area contributed by atoms with Gasteiger partial charge in [-0.15, -0.1) is 0 Å². The Hall–Kier alpha value is -4.00. The maximum Gasteiger partial charge on any atom is 0.273 e. The standard InChI is InChI=1S/C32H36N4O3/c1-21-6-11-24(12-7-21)33-31(37)28-20-35-27-15-8-22(2)18-26(27)29(34-16-4-5-17-34)30(35)32(38)36(28)19-23-9-13-25(39-3)14-10-23/h4-5,8-10,13-18,21,24,28H,6-7,11-12,19-20H2,1-3H3,(H,33,37). The highest BCUT2D eigenvalue weighted by Gasteiger charge is 2.41. The minimum Gasteiger partial charge on any atom is -0.497 e. The maximum absolute atomic E-state index is 14.5.